The number of unbranched alkanes of at least 4 members (excludes halogenated alkanes) is 1. The predicted octanol–water partition coefficient (Wildman–Crippen LogP) is 9.80. The maximum absolute atomic E-state index is 13.4. The lowest BCUT2D eigenvalue weighted by molar-refractivity contribution is -0.143. The molecule has 0 aliphatic carbocycles. The van der Waals surface area contributed by atoms with Crippen LogP contribution < -0.4 is 5.32 Å². The number of rotatable bonds is 12. The summed E-state index contributed by atoms with van der Waals surface area (Å²) < 4.78 is 86.2. The molecule has 2 aliphatic rings. The predicted molar refractivity (Wildman–Crippen MR) is 177 cm³/mol. The smallest absolute Gasteiger partial charge is 0.376 e. The van der Waals surface area contributed by atoms with E-state index in [-0.39, 0.29) is 43.2 Å². The molecule has 5 rings (SSSR count). The molecule has 2 heterocycles. The largest absolute Gasteiger partial charge is 0.416 e. The fourth-order valence-corrected chi connectivity index (χ4v) is 7.37. The number of nitrogens with zero attached hydrogens (tertiary/aromatic N) is 1. The van der Waals surface area contributed by atoms with Crippen LogP contribution in [-0.4, -0.2) is 37.0 Å². The van der Waals surface area contributed by atoms with E-state index in [1.807, 2.05) is 48.5 Å². The highest BCUT2D eigenvalue weighted by Crippen LogP contribution is 2.46. The van der Waals surface area contributed by atoms with Gasteiger partial charge in [0.15, 0.2) is 0 Å². The third-order valence-electron chi connectivity index (χ3n) is 9.70. The number of hydrogen-bond donors (Lipinski definition) is 1. The van der Waals surface area contributed by atoms with Crippen LogP contribution in [0.4, 0.5) is 32.0 Å². The summed E-state index contributed by atoms with van der Waals surface area (Å²) in [5, 5.41) is 3.09. The van der Waals surface area contributed by atoms with Gasteiger partial charge in [0.25, 0.3) is 0 Å². The molecule has 0 radical (unpaired) electrons. The summed E-state index contributed by atoms with van der Waals surface area (Å²) in [6, 6.07) is 19.3. The standard InChI is InChI=1S/C37H42F6N2O2.ClH/c1-26(2)23-35(31-12-6-7-13-32(31)44-33(35)46)14-8-9-17-45-18-15-34(16-19-45,28-10-4-3-5-11-28)25-47-24-27-20-29(36(38,39)40)22-30(21-27)37(41,42)43;/h3-7,10-13,20-22,26H,8-9,14-19,23-25H2,1-2H3,(H,44,46);1H. The van der Waals surface area contributed by atoms with E-state index in [0.29, 0.717) is 5.92 Å². The van der Waals surface area contributed by atoms with Crippen molar-refractivity contribution < 1.29 is 35.9 Å². The molecule has 1 atom stereocenters. The van der Waals surface area contributed by atoms with Crippen LogP contribution in [0.1, 0.15) is 80.2 Å². The first-order valence-corrected chi connectivity index (χ1v) is 16.3. The van der Waals surface area contributed by atoms with Gasteiger partial charge in [0.2, 0.25) is 5.91 Å². The Labute approximate surface area is 284 Å². The third-order valence-corrected chi connectivity index (χ3v) is 9.70. The molecule has 48 heavy (non-hydrogen) atoms. The number of carbonyl (C=O) groups excluding carboxylic acids is 1. The molecule has 0 aromatic heterocycles. The molecule has 1 fully saturated rings. The minimum absolute atomic E-state index is 0. The fraction of sp³-hybridized carbons (Fsp3) is 0.486. The zero-order chi connectivity index (χ0) is 33.9. The number of benzene rings is 3. The van der Waals surface area contributed by atoms with Crippen LogP contribution in [0.15, 0.2) is 72.8 Å². The monoisotopic (exact) mass is 696 g/mol. The van der Waals surface area contributed by atoms with Crippen molar-refractivity contribution >= 4 is 24.0 Å². The number of alkyl halides is 6. The molecule has 2 aliphatic heterocycles. The Hall–Kier alpha value is -3.08. The Morgan fingerprint density at radius 1 is 0.854 bits per heavy atom. The topological polar surface area (TPSA) is 41.6 Å². The molecule has 262 valence electrons. The van der Waals surface area contributed by atoms with Gasteiger partial charge in [0.1, 0.15) is 0 Å². The van der Waals surface area contributed by atoms with Gasteiger partial charge < -0.3 is 15.0 Å². The summed E-state index contributed by atoms with van der Waals surface area (Å²) in [6.45, 7) is 6.53. The second-order valence-electron chi connectivity index (χ2n) is 13.5. The summed E-state index contributed by atoms with van der Waals surface area (Å²) in [5.74, 6) is 0.445. The Morgan fingerprint density at radius 3 is 2.06 bits per heavy atom. The van der Waals surface area contributed by atoms with Gasteiger partial charge >= 0.3 is 12.4 Å². The maximum atomic E-state index is 13.4. The molecule has 1 unspecified atom stereocenters. The van der Waals surface area contributed by atoms with Crippen LogP contribution in [-0.2, 0) is 39.3 Å². The molecular weight excluding hydrogens is 654 g/mol. The minimum atomic E-state index is -4.91. The van der Waals surface area contributed by atoms with E-state index in [0.717, 1.165) is 87.1 Å². The average Bonchev–Trinajstić information content (AvgIpc) is 3.29. The van der Waals surface area contributed by atoms with Crippen LogP contribution in [0.2, 0.25) is 0 Å². The van der Waals surface area contributed by atoms with Gasteiger partial charge in [-0.2, -0.15) is 26.3 Å². The number of likely N-dealkylation sites (tertiary alicyclic amines) is 1. The van der Waals surface area contributed by atoms with Crippen molar-refractivity contribution in [2.24, 2.45) is 5.92 Å². The normalized spacial score (nSPS) is 19.6. The number of fused-ring (bicyclic) bond motifs is 1. The van der Waals surface area contributed by atoms with Gasteiger partial charge in [-0.15, -0.1) is 12.4 Å². The number of nitrogens with one attached hydrogen (secondary N) is 1. The van der Waals surface area contributed by atoms with E-state index in [9.17, 15) is 31.1 Å². The number of carbonyl (C=O) groups is 1. The molecular formula is C37H43ClF6N2O2. The third kappa shape index (κ3) is 8.55. The SMILES string of the molecule is CC(C)CC1(CCCCN2CCC(COCc3cc(C(F)(F)F)cc(C(F)(F)F)c3)(c3ccccc3)CC2)C(=O)Nc2ccccc21.Cl. The van der Waals surface area contributed by atoms with E-state index >= 15 is 0 Å². The van der Waals surface area contributed by atoms with Gasteiger partial charge in [0.05, 0.1) is 29.8 Å². The van der Waals surface area contributed by atoms with E-state index in [1.165, 1.54) is 0 Å². The van der Waals surface area contributed by atoms with E-state index in [1.54, 1.807) is 0 Å². The highest BCUT2D eigenvalue weighted by molar-refractivity contribution is 6.06. The Morgan fingerprint density at radius 2 is 1.46 bits per heavy atom. The number of amides is 1. The lowest BCUT2D eigenvalue weighted by atomic mass is 9.71. The van der Waals surface area contributed by atoms with Crippen molar-refractivity contribution in [1.82, 2.24) is 4.90 Å². The number of hydrogen-bond acceptors (Lipinski definition) is 3. The van der Waals surface area contributed by atoms with Crippen molar-refractivity contribution in [3.05, 3.63) is 101 Å². The first-order chi connectivity index (χ1) is 22.2. The van der Waals surface area contributed by atoms with Gasteiger partial charge in [-0.1, -0.05) is 68.8 Å². The highest BCUT2D eigenvalue weighted by atomic mass is 35.5. The lowest BCUT2D eigenvalue weighted by Gasteiger charge is -2.42. The Kier molecular flexibility index (Phi) is 12.0. The summed E-state index contributed by atoms with van der Waals surface area (Å²) in [6.07, 6.45) is -4.95. The quantitative estimate of drug-likeness (QED) is 0.151. The van der Waals surface area contributed by atoms with Crippen molar-refractivity contribution in [1.29, 1.82) is 0 Å². The molecule has 1 saturated heterocycles. The molecule has 0 bridgehead atoms. The van der Waals surface area contributed by atoms with Gasteiger partial charge in [-0.3, -0.25) is 4.79 Å². The number of piperidine rings is 1. The van der Waals surface area contributed by atoms with Crippen molar-refractivity contribution in [3.8, 4) is 0 Å². The zero-order valence-corrected chi connectivity index (χ0v) is 28.0. The summed E-state index contributed by atoms with van der Waals surface area (Å²) in [4.78, 5) is 15.6. The Balaban J connectivity index is 0.00000520. The maximum Gasteiger partial charge on any atom is 0.416 e. The van der Waals surface area contributed by atoms with Crippen LogP contribution in [0.25, 0.3) is 0 Å². The number of halogens is 7. The minimum Gasteiger partial charge on any atom is -0.376 e. The second-order valence-corrected chi connectivity index (χ2v) is 13.5. The van der Waals surface area contributed by atoms with E-state index in [4.69, 9.17) is 4.74 Å². The number of para-hydroxylation sites is 1. The van der Waals surface area contributed by atoms with Gasteiger partial charge in [0, 0.05) is 11.1 Å². The average molecular weight is 697 g/mol. The fourth-order valence-electron chi connectivity index (χ4n) is 7.37. The van der Waals surface area contributed by atoms with Crippen LogP contribution >= 0.6 is 12.4 Å². The first-order valence-electron chi connectivity index (χ1n) is 16.3. The second kappa shape index (κ2) is 15.2. The highest BCUT2D eigenvalue weighted by Gasteiger charge is 2.46. The summed E-state index contributed by atoms with van der Waals surface area (Å²) >= 11 is 0. The molecule has 11 heteroatoms. The molecule has 1 amide bonds. The zero-order valence-electron chi connectivity index (χ0n) is 27.2. The van der Waals surface area contributed by atoms with Crippen molar-refractivity contribution in [2.75, 3.05) is 31.6 Å². The summed E-state index contributed by atoms with van der Waals surface area (Å²) in [5.41, 5.74) is -0.754. The molecule has 3 aromatic carbocycles. The van der Waals surface area contributed by atoms with Gasteiger partial charge in [-0.05, 0) is 98.6 Å². The van der Waals surface area contributed by atoms with Crippen LogP contribution in [0.5, 0.6) is 0 Å². The van der Waals surface area contributed by atoms with Gasteiger partial charge in [-0.25, -0.2) is 0 Å². The molecule has 1 N–H and O–H groups in total. The van der Waals surface area contributed by atoms with E-state index in [2.05, 4.69) is 30.1 Å². The first kappa shape index (κ1) is 37.7. The van der Waals surface area contributed by atoms with Crippen LogP contribution in [0, 0.1) is 5.92 Å². The van der Waals surface area contributed by atoms with Crippen molar-refractivity contribution in [3.63, 3.8) is 0 Å². The van der Waals surface area contributed by atoms with Crippen molar-refractivity contribution in [2.45, 2.75) is 82.2 Å². The number of anilines is 1. The van der Waals surface area contributed by atoms with Crippen LogP contribution in [0.3, 0.4) is 0 Å². The number of ether oxygens (including phenoxy) is 1. The Bertz CT molecular complexity index is 1490. The molecule has 4 nitrogen and oxygen atoms in total. The van der Waals surface area contributed by atoms with E-state index < -0.39 is 34.3 Å². The molecule has 0 saturated carbocycles. The summed E-state index contributed by atoms with van der Waals surface area (Å²) in [7, 11) is 0. The molecule has 3 aromatic rings. The lowest BCUT2D eigenvalue weighted by Crippen LogP contribution is -2.45. The molecule has 0 spiro atoms.